The second-order valence-electron chi connectivity index (χ2n) is 7.18. The summed E-state index contributed by atoms with van der Waals surface area (Å²) in [7, 11) is 0. The van der Waals surface area contributed by atoms with Gasteiger partial charge in [-0.1, -0.05) is 11.6 Å². The minimum absolute atomic E-state index is 0.00116. The third-order valence-electron chi connectivity index (χ3n) is 4.79. The Hall–Kier alpha value is -4.12. The number of carbonyl (C=O) groups is 2. The molecule has 1 aromatic heterocycles. The Morgan fingerprint density at radius 2 is 1.51 bits per heavy atom. The summed E-state index contributed by atoms with van der Waals surface area (Å²) < 4.78 is 67.7. The number of nitrogens with one attached hydrogen (secondary N) is 2. The van der Waals surface area contributed by atoms with Gasteiger partial charge in [-0.2, -0.15) is 13.2 Å². The van der Waals surface area contributed by atoms with Crippen LogP contribution in [0.25, 0.3) is 11.0 Å². The lowest BCUT2D eigenvalue weighted by atomic mass is 10.0. The first kappa shape index (κ1) is 24.0. The van der Waals surface area contributed by atoms with E-state index in [0.717, 1.165) is 18.2 Å². The quantitative estimate of drug-likeness (QED) is 0.246. The zero-order valence-electron chi connectivity index (χ0n) is 17.3. The molecule has 0 saturated heterocycles. The fourth-order valence-corrected chi connectivity index (χ4v) is 3.42. The van der Waals surface area contributed by atoms with Crippen molar-refractivity contribution in [3.05, 3.63) is 94.3 Å². The largest absolute Gasteiger partial charge is 0.417 e. The molecule has 0 unspecified atom stereocenters. The zero-order chi connectivity index (χ0) is 25.3. The van der Waals surface area contributed by atoms with Gasteiger partial charge >= 0.3 is 12.2 Å². The number of ketones is 1. The van der Waals surface area contributed by atoms with Crippen molar-refractivity contribution in [1.82, 2.24) is 9.97 Å². The number of anilines is 2. The third kappa shape index (κ3) is 5.19. The molecule has 0 fully saturated rings. The predicted octanol–water partition coefficient (Wildman–Crippen LogP) is 6.46. The van der Waals surface area contributed by atoms with Crippen LogP contribution in [0.1, 0.15) is 21.5 Å². The lowest BCUT2D eigenvalue weighted by Gasteiger charge is -2.13. The Bertz CT molecular complexity index is 1480. The van der Waals surface area contributed by atoms with E-state index in [9.17, 15) is 31.5 Å². The monoisotopic (exact) mass is 506 g/mol. The van der Waals surface area contributed by atoms with Crippen molar-refractivity contribution in [2.75, 3.05) is 10.6 Å². The maximum absolute atomic E-state index is 14.4. The SMILES string of the molecule is O=C(Nc1cc(F)c(F)c(C(=O)c2ccc3nccnc3c2)c1)Nc1ccc(Cl)c(C(F)(F)F)c1. The molecule has 3 aromatic carbocycles. The van der Waals surface area contributed by atoms with Crippen LogP contribution >= 0.6 is 11.6 Å². The molecule has 0 saturated carbocycles. The van der Waals surface area contributed by atoms with Crippen molar-refractivity contribution in [2.24, 2.45) is 0 Å². The van der Waals surface area contributed by atoms with Crippen molar-refractivity contribution >= 4 is 45.8 Å². The van der Waals surface area contributed by atoms with Gasteiger partial charge in [-0.05, 0) is 42.5 Å². The van der Waals surface area contributed by atoms with E-state index in [-0.39, 0.29) is 16.9 Å². The van der Waals surface area contributed by atoms with E-state index in [1.54, 1.807) is 0 Å². The van der Waals surface area contributed by atoms with Crippen molar-refractivity contribution in [3.63, 3.8) is 0 Å². The highest BCUT2D eigenvalue weighted by atomic mass is 35.5. The van der Waals surface area contributed by atoms with Crippen LogP contribution in [0.4, 0.5) is 38.1 Å². The average Bonchev–Trinajstić information content (AvgIpc) is 2.81. The fourth-order valence-electron chi connectivity index (χ4n) is 3.20. The van der Waals surface area contributed by atoms with Crippen LogP contribution in [0.3, 0.4) is 0 Å². The highest BCUT2D eigenvalue weighted by Gasteiger charge is 2.33. The number of benzene rings is 3. The summed E-state index contributed by atoms with van der Waals surface area (Å²) >= 11 is 5.54. The van der Waals surface area contributed by atoms with E-state index in [4.69, 9.17) is 11.6 Å². The highest BCUT2D eigenvalue weighted by molar-refractivity contribution is 6.31. The van der Waals surface area contributed by atoms with Crippen LogP contribution in [0.15, 0.2) is 60.9 Å². The summed E-state index contributed by atoms with van der Waals surface area (Å²) in [6, 6.07) is 7.36. The van der Waals surface area contributed by atoms with Gasteiger partial charge in [0.25, 0.3) is 0 Å². The fraction of sp³-hybridized carbons (Fsp3) is 0.0435. The number of halogens is 6. The molecule has 2 amide bonds. The van der Waals surface area contributed by atoms with E-state index in [1.807, 2.05) is 0 Å². The van der Waals surface area contributed by atoms with Gasteiger partial charge in [0.15, 0.2) is 17.4 Å². The van der Waals surface area contributed by atoms with Crippen LogP contribution in [0, 0.1) is 11.6 Å². The topological polar surface area (TPSA) is 84.0 Å². The van der Waals surface area contributed by atoms with Crippen LogP contribution in [-0.4, -0.2) is 21.8 Å². The average molecular weight is 507 g/mol. The van der Waals surface area contributed by atoms with E-state index in [0.29, 0.717) is 23.2 Å². The van der Waals surface area contributed by atoms with Crippen LogP contribution in [0.5, 0.6) is 0 Å². The summed E-state index contributed by atoms with van der Waals surface area (Å²) in [5.74, 6) is -3.74. The molecule has 0 radical (unpaired) electrons. The molecule has 6 nitrogen and oxygen atoms in total. The minimum atomic E-state index is -4.76. The molecule has 12 heteroatoms. The van der Waals surface area contributed by atoms with Gasteiger partial charge in [-0.3, -0.25) is 14.8 Å². The molecule has 178 valence electrons. The van der Waals surface area contributed by atoms with E-state index >= 15 is 0 Å². The van der Waals surface area contributed by atoms with Crippen molar-refractivity contribution in [2.45, 2.75) is 6.18 Å². The lowest BCUT2D eigenvalue weighted by molar-refractivity contribution is -0.137. The molecule has 4 aromatic rings. The van der Waals surface area contributed by atoms with Gasteiger partial charge in [0, 0.05) is 35.4 Å². The second kappa shape index (κ2) is 9.26. The van der Waals surface area contributed by atoms with Crippen molar-refractivity contribution in [1.29, 1.82) is 0 Å². The van der Waals surface area contributed by atoms with Crippen LogP contribution in [0.2, 0.25) is 5.02 Å². The molecular formula is C23H12ClF5N4O2. The summed E-state index contributed by atoms with van der Waals surface area (Å²) in [5.41, 5.74) is -1.57. The molecule has 0 aliphatic heterocycles. The van der Waals surface area contributed by atoms with Gasteiger partial charge in [0.1, 0.15) is 0 Å². The molecule has 4 rings (SSSR count). The second-order valence-corrected chi connectivity index (χ2v) is 7.59. The number of urea groups is 1. The van der Waals surface area contributed by atoms with Crippen molar-refractivity contribution in [3.8, 4) is 0 Å². The summed E-state index contributed by atoms with van der Waals surface area (Å²) in [5, 5.41) is 3.74. The number of carbonyl (C=O) groups excluding carboxylic acids is 2. The number of fused-ring (bicyclic) bond motifs is 1. The first-order chi connectivity index (χ1) is 16.5. The summed E-state index contributed by atoms with van der Waals surface area (Å²) in [6.45, 7) is 0. The Labute approximate surface area is 198 Å². The molecule has 2 N–H and O–H groups in total. The molecule has 0 aliphatic rings. The van der Waals surface area contributed by atoms with Crippen LogP contribution in [-0.2, 0) is 6.18 Å². The van der Waals surface area contributed by atoms with Gasteiger partial charge in [0.05, 0.1) is 27.2 Å². The van der Waals surface area contributed by atoms with Crippen LogP contribution < -0.4 is 10.6 Å². The third-order valence-corrected chi connectivity index (χ3v) is 5.12. The maximum atomic E-state index is 14.4. The number of aromatic nitrogens is 2. The van der Waals surface area contributed by atoms with E-state index in [2.05, 4.69) is 20.6 Å². The normalized spacial score (nSPS) is 11.4. The predicted molar refractivity (Wildman–Crippen MR) is 118 cm³/mol. The Morgan fingerprint density at radius 1 is 0.829 bits per heavy atom. The molecule has 0 aliphatic carbocycles. The Morgan fingerprint density at radius 3 is 2.23 bits per heavy atom. The zero-order valence-corrected chi connectivity index (χ0v) is 18.0. The lowest BCUT2D eigenvalue weighted by Crippen LogP contribution is -2.20. The summed E-state index contributed by atoms with van der Waals surface area (Å²) in [6.07, 6.45) is -1.90. The van der Waals surface area contributed by atoms with E-state index in [1.165, 1.54) is 30.6 Å². The Kier molecular flexibility index (Phi) is 6.35. The van der Waals surface area contributed by atoms with E-state index < -0.39 is 45.8 Å². The summed E-state index contributed by atoms with van der Waals surface area (Å²) in [4.78, 5) is 33.2. The first-order valence-corrected chi connectivity index (χ1v) is 10.1. The number of hydrogen-bond donors (Lipinski definition) is 2. The number of nitrogens with zero attached hydrogens (tertiary/aromatic N) is 2. The molecule has 0 bridgehead atoms. The van der Waals surface area contributed by atoms with Crippen molar-refractivity contribution < 1.29 is 31.5 Å². The number of rotatable bonds is 4. The molecule has 35 heavy (non-hydrogen) atoms. The van der Waals surface area contributed by atoms with Gasteiger partial charge < -0.3 is 10.6 Å². The number of hydrogen-bond acceptors (Lipinski definition) is 4. The minimum Gasteiger partial charge on any atom is -0.308 e. The number of alkyl halides is 3. The Balaban J connectivity index is 1.58. The molecule has 1 heterocycles. The van der Waals surface area contributed by atoms with Gasteiger partial charge in [0.2, 0.25) is 0 Å². The van der Waals surface area contributed by atoms with Gasteiger partial charge in [-0.25, -0.2) is 13.6 Å². The molecular weight excluding hydrogens is 495 g/mol. The van der Waals surface area contributed by atoms with Gasteiger partial charge in [-0.15, -0.1) is 0 Å². The smallest absolute Gasteiger partial charge is 0.308 e. The molecule has 0 atom stereocenters. The molecule has 0 spiro atoms. The standard InChI is InChI=1S/C23H12ClF5N4O2/c24-16-3-2-12(9-15(16)23(27,28)29)32-22(35)33-13-8-14(20(26)17(25)10-13)21(34)11-1-4-18-19(7-11)31-6-5-30-18/h1-10H,(H2,32,33,35). The maximum Gasteiger partial charge on any atom is 0.417 e. The number of amides is 2. The highest BCUT2D eigenvalue weighted by Crippen LogP contribution is 2.36. The first-order valence-electron chi connectivity index (χ1n) is 9.72.